The standard InChI is InChI=1S/C19H32.3C15H24.C11H16/c1-13-15(18(5,6)7)11-14(17(2,3)4)12-16(13)19(8,9)10;1-11-8-12(14(2,3)4)10-13(9-11)15(5,6)7;1-11-8-9-12(14(2,3)4)10-13(11)15(5,6)7;1-11-12(14(2,3)4)9-8-10-13(11)15(5,6)7;1-9-5-7-10(8-6-9)11(2,3)4/h11-12H,1-10H3;3*8-10H,1-7H3;5-8H,1-4H3. The zero-order chi connectivity index (χ0) is 59.3. The second-order valence-corrected chi connectivity index (χ2v) is 32.7. The molecule has 0 N–H and O–H groups in total. The van der Waals surface area contributed by atoms with E-state index >= 15 is 0 Å². The largest absolute Gasteiger partial charge is 0.0617 e. The first-order valence-corrected chi connectivity index (χ1v) is 28.7. The fourth-order valence-electron chi connectivity index (χ4n) is 9.57. The van der Waals surface area contributed by atoms with Crippen LogP contribution < -0.4 is 0 Å². The van der Waals surface area contributed by atoms with Gasteiger partial charge in [0.15, 0.2) is 0 Å². The van der Waals surface area contributed by atoms with E-state index in [-0.39, 0.29) is 54.1 Å². The van der Waals surface area contributed by atoms with E-state index in [0.29, 0.717) is 0 Å². The Bertz CT molecular complexity index is 2450. The van der Waals surface area contributed by atoms with Gasteiger partial charge in [0.2, 0.25) is 0 Å². The Morgan fingerprint density at radius 2 is 0.467 bits per heavy atom. The van der Waals surface area contributed by atoms with Gasteiger partial charge in [0, 0.05) is 0 Å². The van der Waals surface area contributed by atoms with Gasteiger partial charge in [-0.3, -0.25) is 0 Å². The van der Waals surface area contributed by atoms with E-state index < -0.39 is 0 Å². The van der Waals surface area contributed by atoms with Crippen molar-refractivity contribution in [3.8, 4) is 0 Å². The Morgan fingerprint density at radius 1 is 0.200 bits per heavy atom. The fraction of sp³-hybridized carbons (Fsp3) is 0.600. The summed E-state index contributed by atoms with van der Waals surface area (Å²) >= 11 is 0. The summed E-state index contributed by atoms with van der Waals surface area (Å²) in [5.74, 6) is 0. The Morgan fingerprint density at radius 3 is 0.760 bits per heavy atom. The van der Waals surface area contributed by atoms with E-state index in [1.54, 1.807) is 0 Å². The summed E-state index contributed by atoms with van der Waals surface area (Å²) in [5.41, 5.74) is 23.9. The molecule has 0 aliphatic heterocycles. The molecule has 5 aromatic carbocycles. The van der Waals surface area contributed by atoms with Crippen molar-refractivity contribution in [3.05, 3.63) is 174 Å². The van der Waals surface area contributed by atoms with Gasteiger partial charge in [-0.1, -0.05) is 310 Å². The minimum Gasteiger partial charge on any atom is -0.0617 e. The molecule has 0 amide bonds. The van der Waals surface area contributed by atoms with Crippen LogP contribution in [0.4, 0.5) is 0 Å². The lowest BCUT2D eigenvalue weighted by Crippen LogP contribution is -2.23. The smallest absolute Gasteiger partial charge is 0.0129 e. The summed E-state index contributed by atoms with van der Waals surface area (Å²) in [6, 6.07) is 34.1. The van der Waals surface area contributed by atoms with E-state index in [2.05, 4.69) is 333 Å². The second kappa shape index (κ2) is 24.8. The lowest BCUT2D eigenvalue weighted by Gasteiger charge is -2.32. The summed E-state index contributed by atoms with van der Waals surface area (Å²) < 4.78 is 0. The molecule has 0 heteroatoms. The maximum Gasteiger partial charge on any atom is -0.0129 e. The summed E-state index contributed by atoms with van der Waals surface area (Å²) in [7, 11) is 0. The van der Waals surface area contributed by atoms with Crippen molar-refractivity contribution in [2.75, 3.05) is 0 Å². The SMILES string of the molecule is Cc1c(C(C)(C)C)cc(C(C)(C)C)cc1C(C)(C)C.Cc1c(C(C)(C)C)cccc1C(C)(C)C.Cc1cc(C(C)(C)C)cc(C(C)(C)C)c1.Cc1ccc(C(C)(C)C)cc1.Cc1ccc(C(C)(C)C)cc1C(C)(C)C. The molecule has 0 nitrogen and oxygen atoms in total. The molecule has 5 rings (SSSR count). The van der Waals surface area contributed by atoms with Crippen LogP contribution >= 0.6 is 0 Å². The Balaban J connectivity index is 0.000000473. The minimum atomic E-state index is 0.200. The van der Waals surface area contributed by atoms with Gasteiger partial charge in [0.05, 0.1) is 0 Å². The second-order valence-electron chi connectivity index (χ2n) is 32.7. The molecule has 0 bridgehead atoms. The van der Waals surface area contributed by atoms with Crippen molar-refractivity contribution in [3.63, 3.8) is 0 Å². The van der Waals surface area contributed by atoms with Crippen LogP contribution in [0.1, 0.15) is 291 Å². The molecule has 75 heavy (non-hydrogen) atoms. The Hall–Kier alpha value is -3.90. The van der Waals surface area contributed by atoms with Crippen LogP contribution in [0.25, 0.3) is 0 Å². The zero-order valence-electron chi connectivity index (χ0n) is 56.2. The molecular formula is C75H120. The third-order valence-corrected chi connectivity index (χ3v) is 14.5. The highest BCUT2D eigenvalue weighted by molar-refractivity contribution is 5.47. The molecule has 0 saturated heterocycles. The third kappa shape index (κ3) is 22.2. The van der Waals surface area contributed by atoms with Crippen LogP contribution in [-0.4, -0.2) is 0 Å². The van der Waals surface area contributed by atoms with Gasteiger partial charge in [-0.2, -0.15) is 0 Å². The maximum atomic E-state index is 2.42. The molecule has 0 spiro atoms. The molecule has 0 atom stereocenters. The molecule has 0 aromatic heterocycles. The highest BCUT2D eigenvalue weighted by Gasteiger charge is 2.28. The zero-order valence-corrected chi connectivity index (χ0v) is 56.2. The quantitative estimate of drug-likeness (QED) is 0.145. The molecule has 420 valence electrons. The average Bonchev–Trinajstić information content (AvgIpc) is 3.18. The van der Waals surface area contributed by atoms with Gasteiger partial charge in [0.1, 0.15) is 0 Å². The van der Waals surface area contributed by atoms with Crippen molar-refractivity contribution in [1.82, 2.24) is 0 Å². The van der Waals surface area contributed by atoms with Crippen LogP contribution in [0.3, 0.4) is 0 Å². The van der Waals surface area contributed by atoms with Gasteiger partial charge in [-0.05, 0) is 161 Å². The Labute approximate surface area is 468 Å². The maximum absolute atomic E-state index is 2.42. The predicted octanol–water partition coefficient (Wildman–Crippen LogP) is 23.0. The van der Waals surface area contributed by atoms with Gasteiger partial charge in [-0.15, -0.1) is 0 Å². The predicted molar refractivity (Wildman–Crippen MR) is 343 cm³/mol. The highest BCUT2D eigenvalue weighted by atomic mass is 14.3. The number of aryl methyl sites for hydroxylation is 3. The number of hydrogen-bond acceptors (Lipinski definition) is 0. The third-order valence-electron chi connectivity index (χ3n) is 14.5. The van der Waals surface area contributed by atoms with Crippen LogP contribution in [-0.2, 0) is 54.1 Å². The minimum absolute atomic E-state index is 0.200. The number of benzene rings is 5. The summed E-state index contributed by atoms with van der Waals surface area (Å²) in [5, 5.41) is 0. The first-order chi connectivity index (χ1) is 33.1. The Kier molecular flexibility index (Phi) is 22.9. The molecule has 0 saturated carbocycles. The van der Waals surface area contributed by atoms with Crippen molar-refractivity contribution >= 4 is 0 Å². The monoisotopic (exact) mass is 1020 g/mol. The molecule has 0 aliphatic rings. The van der Waals surface area contributed by atoms with E-state index in [1.165, 1.54) is 83.5 Å². The van der Waals surface area contributed by atoms with Gasteiger partial charge in [-0.25, -0.2) is 0 Å². The van der Waals surface area contributed by atoms with Gasteiger partial charge < -0.3 is 0 Å². The summed E-state index contributed by atoms with van der Waals surface area (Å²) in [4.78, 5) is 0. The van der Waals surface area contributed by atoms with Crippen LogP contribution in [0.15, 0.2) is 91.0 Å². The molecule has 0 unspecified atom stereocenters. The molecule has 0 fully saturated rings. The first kappa shape index (κ1) is 69.1. The van der Waals surface area contributed by atoms with Crippen molar-refractivity contribution in [2.24, 2.45) is 0 Å². The van der Waals surface area contributed by atoms with Gasteiger partial charge in [0.25, 0.3) is 0 Å². The van der Waals surface area contributed by atoms with E-state index in [4.69, 9.17) is 0 Å². The molecule has 5 aromatic rings. The lowest BCUT2D eigenvalue weighted by atomic mass is 9.73. The van der Waals surface area contributed by atoms with E-state index in [0.717, 1.165) is 0 Å². The van der Waals surface area contributed by atoms with Crippen molar-refractivity contribution < 1.29 is 0 Å². The van der Waals surface area contributed by atoms with Crippen LogP contribution in [0.2, 0.25) is 0 Å². The molecule has 0 aliphatic carbocycles. The van der Waals surface area contributed by atoms with Gasteiger partial charge >= 0.3 is 0 Å². The topological polar surface area (TPSA) is 0 Å². The van der Waals surface area contributed by atoms with Crippen molar-refractivity contribution in [1.29, 1.82) is 0 Å². The highest BCUT2D eigenvalue weighted by Crippen LogP contribution is 2.39. The number of rotatable bonds is 0. The fourth-order valence-corrected chi connectivity index (χ4v) is 9.57. The molecule has 0 radical (unpaired) electrons. The van der Waals surface area contributed by atoms with Crippen LogP contribution in [0, 0.1) is 34.6 Å². The normalized spacial score (nSPS) is 13.0. The molecular weight excluding hydrogens is 901 g/mol. The molecule has 0 heterocycles. The number of hydrogen-bond donors (Lipinski definition) is 0. The summed E-state index contributed by atoms with van der Waals surface area (Å²) in [6.07, 6.45) is 0. The van der Waals surface area contributed by atoms with E-state index in [1.807, 2.05) is 0 Å². The van der Waals surface area contributed by atoms with Crippen LogP contribution in [0.5, 0.6) is 0 Å². The summed E-state index contributed by atoms with van der Waals surface area (Å²) in [6.45, 7) is 79.5. The first-order valence-electron chi connectivity index (χ1n) is 28.7. The van der Waals surface area contributed by atoms with Crippen molar-refractivity contribution in [2.45, 2.75) is 296 Å². The van der Waals surface area contributed by atoms with E-state index in [9.17, 15) is 0 Å². The average molecular weight is 1020 g/mol. The lowest BCUT2D eigenvalue weighted by molar-refractivity contribution is 0.542.